The maximum Gasteiger partial charge on any atom is 0.275 e. The zero-order valence-electron chi connectivity index (χ0n) is 16.2. The molecule has 6 nitrogen and oxygen atoms in total. The van der Waals surface area contributed by atoms with E-state index in [0.717, 1.165) is 22.9 Å². The molecule has 0 spiro atoms. The second-order valence-electron chi connectivity index (χ2n) is 6.85. The maximum atomic E-state index is 12.7. The minimum absolute atomic E-state index is 0.0272. The smallest absolute Gasteiger partial charge is 0.275 e. The molecule has 3 rings (SSSR count). The highest BCUT2D eigenvalue weighted by Gasteiger charge is 2.23. The molecule has 0 aliphatic rings. The lowest BCUT2D eigenvalue weighted by Gasteiger charge is -2.09. The number of sulfone groups is 1. The Morgan fingerprint density at radius 2 is 1.72 bits per heavy atom. The molecule has 1 N–H and O–H groups in total. The van der Waals surface area contributed by atoms with Gasteiger partial charge in [-0.2, -0.15) is 0 Å². The van der Waals surface area contributed by atoms with E-state index in [4.69, 9.17) is 11.6 Å². The molecule has 0 fully saturated rings. The predicted molar refractivity (Wildman–Crippen MR) is 113 cm³/mol. The summed E-state index contributed by atoms with van der Waals surface area (Å²) in [4.78, 5) is 20.4. The Morgan fingerprint density at radius 1 is 1.03 bits per heavy atom. The molecule has 0 bridgehead atoms. The Balaban J connectivity index is 1.87. The van der Waals surface area contributed by atoms with Gasteiger partial charge < -0.3 is 5.32 Å². The van der Waals surface area contributed by atoms with Gasteiger partial charge in [-0.3, -0.25) is 4.79 Å². The first-order chi connectivity index (χ1) is 13.7. The van der Waals surface area contributed by atoms with Crippen LogP contribution in [0.2, 0.25) is 5.02 Å². The van der Waals surface area contributed by atoms with Crippen LogP contribution in [-0.2, 0) is 15.6 Å². The van der Waals surface area contributed by atoms with Crippen LogP contribution in [-0.4, -0.2) is 24.3 Å². The molecule has 0 saturated heterocycles. The number of carbonyl (C=O) groups excluding carboxylic acids is 1. The second kappa shape index (κ2) is 8.31. The van der Waals surface area contributed by atoms with Gasteiger partial charge in [0.05, 0.1) is 17.0 Å². The van der Waals surface area contributed by atoms with Gasteiger partial charge in [-0.1, -0.05) is 47.5 Å². The number of anilines is 1. The highest BCUT2D eigenvalue weighted by Crippen LogP contribution is 2.20. The van der Waals surface area contributed by atoms with Crippen molar-refractivity contribution in [1.29, 1.82) is 0 Å². The summed E-state index contributed by atoms with van der Waals surface area (Å²) in [6, 6.07) is 12.6. The van der Waals surface area contributed by atoms with Crippen LogP contribution in [0.5, 0.6) is 0 Å². The van der Waals surface area contributed by atoms with E-state index in [-0.39, 0.29) is 16.5 Å². The number of halogens is 1. The van der Waals surface area contributed by atoms with Gasteiger partial charge in [-0.05, 0) is 49.6 Å². The van der Waals surface area contributed by atoms with Crippen molar-refractivity contribution in [3.05, 3.63) is 81.6 Å². The van der Waals surface area contributed by atoms with Crippen LogP contribution in [0.15, 0.2) is 53.8 Å². The van der Waals surface area contributed by atoms with Crippen molar-refractivity contribution >= 4 is 33.0 Å². The van der Waals surface area contributed by atoms with Gasteiger partial charge in [0.25, 0.3) is 5.91 Å². The summed E-state index contributed by atoms with van der Waals surface area (Å²) in [7, 11) is -3.85. The number of carbonyl (C=O) groups is 1. The van der Waals surface area contributed by atoms with Crippen LogP contribution in [0.25, 0.3) is 0 Å². The van der Waals surface area contributed by atoms with Crippen molar-refractivity contribution in [2.45, 2.75) is 31.7 Å². The van der Waals surface area contributed by atoms with E-state index < -0.39 is 20.9 Å². The number of aryl methyl sites for hydroxylation is 3. The summed E-state index contributed by atoms with van der Waals surface area (Å²) in [5.74, 6) is -0.875. The van der Waals surface area contributed by atoms with Crippen molar-refractivity contribution in [2.24, 2.45) is 0 Å². The van der Waals surface area contributed by atoms with Crippen LogP contribution < -0.4 is 5.32 Å². The van der Waals surface area contributed by atoms with E-state index in [0.29, 0.717) is 11.3 Å². The Morgan fingerprint density at radius 3 is 2.38 bits per heavy atom. The van der Waals surface area contributed by atoms with Crippen molar-refractivity contribution in [3.8, 4) is 0 Å². The molecule has 0 aliphatic heterocycles. The zero-order valence-corrected chi connectivity index (χ0v) is 17.8. The molecule has 1 aromatic heterocycles. The van der Waals surface area contributed by atoms with E-state index in [1.807, 2.05) is 45.0 Å². The third-order valence-electron chi connectivity index (χ3n) is 4.46. The molecule has 0 aliphatic carbocycles. The topological polar surface area (TPSA) is 89.0 Å². The molecule has 0 unspecified atom stereocenters. The SMILES string of the molecule is Cc1ccc(CS(=O)(=O)c2ncc(Cl)c(C(=O)Nc3ccc(C)c(C)c3)n2)cc1. The van der Waals surface area contributed by atoms with E-state index in [1.54, 1.807) is 18.2 Å². The lowest BCUT2D eigenvalue weighted by molar-refractivity contribution is 0.102. The largest absolute Gasteiger partial charge is 0.321 e. The minimum Gasteiger partial charge on any atom is -0.321 e. The molecule has 1 heterocycles. The maximum absolute atomic E-state index is 12.7. The summed E-state index contributed by atoms with van der Waals surface area (Å²) >= 11 is 6.06. The number of hydrogen-bond donors (Lipinski definition) is 1. The summed E-state index contributed by atoms with van der Waals surface area (Å²) in [5, 5.41) is 2.23. The number of hydrogen-bond acceptors (Lipinski definition) is 5. The number of rotatable bonds is 5. The fourth-order valence-electron chi connectivity index (χ4n) is 2.64. The standard InChI is InChI=1S/C21H20ClN3O3S/c1-13-4-7-16(8-5-13)12-29(27,28)21-23-11-18(22)19(25-21)20(26)24-17-9-6-14(2)15(3)10-17/h4-11H,12H2,1-3H3,(H,24,26). The van der Waals surface area contributed by atoms with E-state index in [9.17, 15) is 13.2 Å². The van der Waals surface area contributed by atoms with Gasteiger partial charge >= 0.3 is 0 Å². The molecule has 150 valence electrons. The zero-order chi connectivity index (χ0) is 21.2. The molecule has 3 aromatic rings. The van der Waals surface area contributed by atoms with Crippen molar-refractivity contribution in [1.82, 2.24) is 9.97 Å². The summed E-state index contributed by atoms with van der Waals surface area (Å²) in [6.07, 6.45) is 1.13. The Hall–Kier alpha value is -2.77. The van der Waals surface area contributed by atoms with Gasteiger partial charge in [0.2, 0.25) is 15.0 Å². The number of aromatic nitrogens is 2. The fraction of sp³-hybridized carbons (Fsp3) is 0.190. The third-order valence-corrected chi connectivity index (χ3v) is 6.20. The third kappa shape index (κ3) is 4.99. The second-order valence-corrected chi connectivity index (χ2v) is 9.14. The van der Waals surface area contributed by atoms with E-state index >= 15 is 0 Å². The lowest BCUT2D eigenvalue weighted by atomic mass is 10.1. The molecule has 2 aromatic carbocycles. The lowest BCUT2D eigenvalue weighted by Crippen LogP contribution is -2.18. The van der Waals surface area contributed by atoms with Gasteiger partial charge in [0.15, 0.2) is 5.69 Å². The molecule has 1 amide bonds. The predicted octanol–water partition coefficient (Wildman–Crippen LogP) is 4.28. The van der Waals surface area contributed by atoms with Crippen LogP contribution in [0.1, 0.15) is 32.7 Å². The minimum atomic E-state index is -3.85. The van der Waals surface area contributed by atoms with Gasteiger partial charge in [0, 0.05) is 5.69 Å². The highest BCUT2D eigenvalue weighted by atomic mass is 35.5. The van der Waals surface area contributed by atoms with Gasteiger partial charge in [-0.15, -0.1) is 0 Å². The number of amides is 1. The average Bonchev–Trinajstić information content (AvgIpc) is 2.66. The first-order valence-electron chi connectivity index (χ1n) is 8.85. The van der Waals surface area contributed by atoms with Crippen molar-refractivity contribution < 1.29 is 13.2 Å². The Labute approximate surface area is 174 Å². The van der Waals surface area contributed by atoms with Crippen LogP contribution >= 0.6 is 11.6 Å². The summed E-state index contributed by atoms with van der Waals surface area (Å²) in [6.45, 7) is 5.81. The molecule has 0 atom stereocenters. The van der Waals surface area contributed by atoms with Gasteiger partial charge in [-0.25, -0.2) is 18.4 Å². The Kier molecular flexibility index (Phi) is 6.00. The molecule has 29 heavy (non-hydrogen) atoms. The summed E-state index contributed by atoms with van der Waals surface area (Å²) in [5.41, 5.74) is 4.11. The molecular weight excluding hydrogens is 410 g/mol. The van der Waals surface area contributed by atoms with Crippen molar-refractivity contribution in [2.75, 3.05) is 5.32 Å². The highest BCUT2D eigenvalue weighted by molar-refractivity contribution is 7.90. The fourth-order valence-corrected chi connectivity index (χ4v) is 4.02. The molecular formula is C21H20ClN3O3S. The first-order valence-corrected chi connectivity index (χ1v) is 10.9. The van der Waals surface area contributed by atoms with Crippen molar-refractivity contribution in [3.63, 3.8) is 0 Å². The van der Waals surface area contributed by atoms with E-state index in [1.165, 1.54) is 0 Å². The van der Waals surface area contributed by atoms with Crippen LogP contribution in [0, 0.1) is 20.8 Å². The molecule has 0 saturated carbocycles. The first kappa shape index (κ1) is 21.0. The quantitative estimate of drug-likeness (QED) is 0.611. The molecule has 0 radical (unpaired) electrons. The number of nitrogens with one attached hydrogen (secondary N) is 1. The van der Waals surface area contributed by atoms with Crippen LogP contribution in [0.3, 0.4) is 0 Å². The summed E-state index contributed by atoms with van der Waals surface area (Å²) < 4.78 is 25.4. The Bertz CT molecular complexity index is 1180. The molecule has 8 heteroatoms. The normalized spacial score (nSPS) is 11.3. The van der Waals surface area contributed by atoms with Gasteiger partial charge in [0.1, 0.15) is 0 Å². The average molecular weight is 430 g/mol. The number of nitrogens with zero attached hydrogens (tertiary/aromatic N) is 2. The van der Waals surface area contributed by atoms with Crippen LogP contribution in [0.4, 0.5) is 5.69 Å². The monoisotopic (exact) mass is 429 g/mol. The van der Waals surface area contributed by atoms with E-state index in [2.05, 4.69) is 15.3 Å². The number of benzene rings is 2.